The number of H-pyrrole nitrogens is 1. The molecule has 0 unspecified atom stereocenters. The summed E-state index contributed by atoms with van der Waals surface area (Å²) in [5, 5.41) is 10.6. The Balaban J connectivity index is 1.92. The molecule has 0 aliphatic heterocycles. The van der Waals surface area contributed by atoms with Gasteiger partial charge in [0.1, 0.15) is 6.54 Å². The minimum absolute atomic E-state index is 0.142. The summed E-state index contributed by atoms with van der Waals surface area (Å²) >= 11 is 0. The number of nitrogens with one attached hydrogen (secondary N) is 2. The van der Waals surface area contributed by atoms with Gasteiger partial charge in [0, 0.05) is 11.9 Å². The number of rotatable bonds is 6. The van der Waals surface area contributed by atoms with Gasteiger partial charge in [0.05, 0.1) is 22.6 Å². The average Bonchev–Trinajstić information content (AvgIpc) is 3.21. The molecule has 2 aromatic heterocycles. The molecule has 0 saturated carbocycles. The highest BCUT2D eigenvalue weighted by Crippen LogP contribution is 2.30. The van der Waals surface area contributed by atoms with Crippen molar-refractivity contribution >= 4 is 21.8 Å². The van der Waals surface area contributed by atoms with Crippen LogP contribution in [0.25, 0.3) is 32.9 Å². The molecule has 0 spiro atoms. The zero-order valence-electron chi connectivity index (χ0n) is 16.4. The maximum Gasteiger partial charge on any atom is 0.406 e. The normalized spacial score (nSPS) is 12.1. The van der Waals surface area contributed by atoms with Crippen LogP contribution in [0.5, 0.6) is 0 Å². The average molecular weight is 414 g/mol. The number of aromatic amines is 1. The predicted molar refractivity (Wildman–Crippen MR) is 111 cm³/mol. The second-order valence-corrected chi connectivity index (χ2v) is 7.23. The van der Waals surface area contributed by atoms with E-state index in [9.17, 15) is 18.0 Å². The lowest BCUT2D eigenvalue weighted by Crippen LogP contribution is -2.28. The van der Waals surface area contributed by atoms with E-state index in [1.165, 1.54) is 6.20 Å². The molecule has 4 aromatic rings. The number of hydrogen-bond acceptors (Lipinski definition) is 3. The van der Waals surface area contributed by atoms with Gasteiger partial charge in [-0.1, -0.05) is 43.3 Å². The number of benzene rings is 2. The molecule has 0 saturated heterocycles. The van der Waals surface area contributed by atoms with E-state index in [1.807, 2.05) is 30.3 Å². The Bertz CT molecular complexity index is 1260. The molecule has 8 heteroatoms. The lowest BCUT2D eigenvalue weighted by atomic mass is 9.98. The summed E-state index contributed by atoms with van der Waals surface area (Å²) in [7, 11) is 0. The summed E-state index contributed by atoms with van der Waals surface area (Å²) in [4.78, 5) is 12.8. The van der Waals surface area contributed by atoms with Crippen molar-refractivity contribution in [2.45, 2.75) is 32.6 Å². The van der Waals surface area contributed by atoms with Crippen LogP contribution in [0, 0.1) is 0 Å². The van der Waals surface area contributed by atoms with E-state index in [-0.39, 0.29) is 10.9 Å². The van der Waals surface area contributed by atoms with Crippen molar-refractivity contribution in [3.8, 4) is 11.1 Å². The quantitative estimate of drug-likeness (QED) is 0.453. The zero-order valence-corrected chi connectivity index (χ0v) is 16.4. The van der Waals surface area contributed by atoms with Gasteiger partial charge in [-0.3, -0.25) is 14.5 Å². The predicted octanol–water partition coefficient (Wildman–Crippen LogP) is 4.61. The van der Waals surface area contributed by atoms with E-state index in [0.29, 0.717) is 17.4 Å². The molecule has 5 nitrogen and oxygen atoms in total. The van der Waals surface area contributed by atoms with Gasteiger partial charge in [-0.2, -0.15) is 18.3 Å². The molecule has 2 aromatic carbocycles. The largest absolute Gasteiger partial charge is 0.406 e. The van der Waals surface area contributed by atoms with E-state index in [0.717, 1.165) is 34.2 Å². The van der Waals surface area contributed by atoms with Crippen molar-refractivity contribution in [1.82, 2.24) is 20.1 Å². The number of aromatic nitrogens is 3. The van der Waals surface area contributed by atoms with Gasteiger partial charge in [0.25, 0.3) is 5.56 Å². The molecule has 30 heavy (non-hydrogen) atoms. The number of pyridine rings is 1. The highest BCUT2D eigenvalue weighted by Gasteiger charge is 2.30. The second-order valence-electron chi connectivity index (χ2n) is 7.23. The summed E-state index contributed by atoms with van der Waals surface area (Å²) in [6.45, 7) is 2.25. The number of halogens is 3. The molecule has 0 radical (unpaired) electrons. The maximum atomic E-state index is 13.2. The minimum atomic E-state index is -4.52. The van der Waals surface area contributed by atoms with Crippen molar-refractivity contribution < 1.29 is 13.2 Å². The highest BCUT2D eigenvalue weighted by atomic mass is 19.4. The first-order valence-electron chi connectivity index (χ1n) is 9.74. The third-order valence-corrected chi connectivity index (χ3v) is 5.08. The molecule has 0 amide bonds. The van der Waals surface area contributed by atoms with Gasteiger partial charge < -0.3 is 5.32 Å². The van der Waals surface area contributed by atoms with Crippen LogP contribution in [-0.2, 0) is 13.1 Å². The summed E-state index contributed by atoms with van der Waals surface area (Å²) in [5.74, 6) is 0. The first-order chi connectivity index (χ1) is 14.4. The van der Waals surface area contributed by atoms with Crippen molar-refractivity contribution in [1.29, 1.82) is 0 Å². The molecule has 2 N–H and O–H groups in total. The van der Waals surface area contributed by atoms with Crippen molar-refractivity contribution in [2.75, 3.05) is 6.54 Å². The van der Waals surface area contributed by atoms with Crippen LogP contribution in [-0.4, -0.2) is 27.5 Å². The van der Waals surface area contributed by atoms with Crippen LogP contribution in [0.3, 0.4) is 0 Å². The Morgan fingerprint density at radius 1 is 1.13 bits per heavy atom. The monoisotopic (exact) mass is 414 g/mol. The molecule has 4 rings (SSSR count). The number of alkyl halides is 3. The van der Waals surface area contributed by atoms with Crippen molar-refractivity contribution in [3.05, 3.63) is 64.6 Å². The fourth-order valence-corrected chi connectivity index (χ4v) is 3.73. The lowest BCUT2D eigenvalue weighted by Gasteiger charge is -2.16. The first-order valence-corrected chi connectivity index (χ1v) is 9.74. The number of hydrogen-bond donors (Lipinski definition) is 2. The summed E-state index contributed by atoms with van der Waals surface area (Å²) < 4.78 is 40.5. The molecular formula is C22H21F3N4O. The summed E-state index contributed by atoms with van der Waals surface area (Å²) in [6, 6.07) is 13.0. The molecule has 0 bridgehead atoms. The maximum absolute atomic E-state index is 13.2. The standard InChI is InChI=1S/C22H21F3N4O/c1-2-9-26-11-15-5-3-4-6-16(15)14-7-8-17-19(10-14)29(13-22(23,24)25)21(30)18-12-27-28-20(17)18/h3-8,10,12,26H,2,9,11,13H2,1H3,(H,27,28). The Morgan fingerprint density at radius 2 is 1.93 bits per heavy atom. The van der Waals surface area contributed by atoms with Gasteiger partial charge in [-0.15, -0.1) is 0 Å². The Hall–Kier alpha value is -3.13. The number of fused-ring (bicyclic) bond motifs is 3. The third kappa shape index (κ3) is 3.82. The fraction of sp³-hybridized carbons (Fsp3) is 0.273. The lowest BCUT2D eigenvalue weighted by molar-refractivity contribution is -0.140. The van der Waals surface area contributed by atoms with E-state index >= 15 is 0 Å². The molecular weight excluding hydrogens is 393 g/mol. The van der Waals surface area contributed by atoms with Crippen LogP contribution < -0.4 is 10.9 Å². The Labute approximate surface area is 170 Å². The molecule has 156 valence electrons. The topological polar surface area (TPSA) is 62.7 Å². The summed E-state index contributed by atoms with van der Waals surface area (Å²) in [6.07, 6.45) is -2.25. The molecule has 0 atom stereocenters. The summed E-state index contributed by atoms with van der Waals surface area (Å²) in [5.41, 5.74) is 2.67. The fourth-order valence-electron chi connectivity index (χ4n) is 3.73. The van der Waals surface area contributed by atoms with Crippen LogP contribution >= 0.6 is 0 Å². The van der Waals surface area contributed by atoms with Gasteiger partial charge in [-0.25, -0.2) is 0 Å². The van der Waals surface area contributed by atoms with Gasteiger partial charge >= 0.3 is 6.18 Å². The van der Waals surface area contributed by atoms with Crippen molar-refractivity contribution in [2.24, 2.45) is 0 Å². The van der Waals surface area contributed by atoms with Gasteiger partial charge in [0.15, 0.2) is 0 Å². The SMILES string of the molecule is CCCNCc1ccccc1-c1ccc2c3[nH]ncc3c(=O)n(CC(F)(F)F)c2c1. The highest BCUT2D eigenvalue weighted by molar-refractivity contribution is 6.04. The van der Waals surface area contributed by atoms with Gasteiger partial charge in [-0.05, 0) is 35.7 Å². The Morgan fingerprint density at radius 3 is 2.70 bits per heavy atom. The van der Waals surface area contributed by atoms with Crippen LogP contribution in [0.1, 0.15) is 18.9 Å². The third-order valence-electron chi connectivity index (χ3n) is 5.08. The van der Waals surface area contributed by atoms with Crippen LogP contribution in [0.4, 0.5) is 13.2 Å². The van der Waals surface area contributed by atoms with E-state index in [4.69, 9.17) is 0 Å². The molecule has 0 aliphatic carbocycles. The first kappa shape index (κ1) is 20.2. The van der Waals surface area contributed by atoms with Gasteiger partial charge in [0.2, 0.25) is 0 Å². The van der Waals surface area contributed by atoms with Crippen LogP contribution in [0.15, 0.2) is 53.5 Å². The zero-order chi connectivity index (χ0) is 21.3. The number of nitrogens with zero attached hydrogens (tertiary/aromatic N) is 2. The second kappa shape index (κ2) is 7.95. The smallest absolute Gasteiger partial charge is 0.313 e. The Kier molecular flexibility index (Phi) is 5.34. The van der Waals surface area contributed by atoms with Crippen LogP contribution in [0.2, 0.25) is 0 Å². The molecule has 0 aliphatic rings. The minimum Gasteiger partial charge on any atom is -0.313 e. The van der Waals surface area contributed by atoms with Crippen molar-refractivity contribution in [3.63, 3.8) is 0 Å². The molecule has 0 fully saturated rings. The van der Waals surface area contributed by atoms with E-state index in [2.05, 4.69) is 22.4 Å². The molecule has 2 heterocycles. The van der Waals surface area contributed by atoms with E-state index < -0.39 is 18.3 Å². The van der Waals surface area contributed by atoms with E-state index in [1.54, 1.807) is 12.1 Å².